The number of benzene rings is 1. The molecule has 0 saturated carbocycles. The van der Waals surface area contributed by atoms with Gasteiger partial charge in [-0.1, -0.05) is 30.3 Å². The predicted octanol–water partition coefficient (Wildman–Crippen LogP) is 3.03. The Labute approximate surface area is 122 Å². The molecule has 112 valence electrons. The van der Waals surface area contributed by atoms with E-state index in [2.05, 4.69) is 17.4 Å². The average molecular weight is 278 g/mol. The van der Waals surface area contributed by atoms with Crippen molar-refractivity contribution in [2.75, 3.05) is 19.6 Å². The lowest BCUT2D eigenvalue weighted by atomic mass is 10.2. The van der Waals surface area contributed by atoms with Gasteiger partial charge < -0.3 is 15.0 Å². The Hall–Kier alpha value is -1.55. The van der Waals surface area contributed by atoms with Gasteiger partial charge in [-0.05, 0) is 33.3 Å². The molecule has 1 N–H and O–H groups in total. The molecule has 0 atom stereocenters. The van der Waals surface area contributed by atoms with E-state index < -0.39 is 5.60 Å². The van der Waals surface area contributed by atoms with Gasteiger partial charge in [-0.3, -0.25) is 0 Å². The maximum atomic E-state index is 11.9. The molecule has 0 saturated heterocycles. The second kappa shape index (κ2) is 7.90. The molecule has 0 unspecified atom stereocenters. The Morgan fingerprint density at radius 1 is 1.25 bits per heavy atom. The van der Waals surface area contributed by atoms with E-state index in [1.54, 1.807) is 4.90 Å². The molecule has 1 amide bonds. The predicted molar refractivity (Wildman–Crippen MR) is 81.6 cm³/mol. The zero-order valence-electron chi connectivity index (χ0n) is 13.0. The third-order valence-electron chi connectivity index (χ3n) is 2.76. The number of hydrogen-bond acceptors (Lipinski definition) is 3. The van der Waals surface area contributed by atoms with E-state index in [-0.39, 0.29) is 6.09 Å². The first kappa shape index (κ1) is 16.5. The van der Waals surface area contributed by atoms with Crippen LogP contribution in [0.2, 0.25) is 0 Å². The van der Waals surface area contributed by atoms with Crippen molar-refractivity contribution >= 4 is 6.09 Å². The summed E-state index contributed by atoms with van der Waals surface area (Å²) in [6.07, 6.45) is -0.249. The summed E-state index contributed by atoms with van der Waals surface area (Å²) in [4.78, 5) is 13.6. The van der Waals surface area contributed by atoms with Crippen LogP contribution in [0.3, 0.4) is 0 Å². The molecule has 1 aromatic rings. The van der Waals surface area contributed by atoms with Crippen molar-refractivity contribution in [3.63, 3.8) is 0 Å². The first-order valence-corrected chi connectivity index (χ1v) is 7.15. The standard InChI is InChI=1S/C16H26N2O2/c1-5-18(15(19)20-16(2,3)4)12-11-17-13-14-9-7-6-8-10-14/h6-10,17H,5,11-13H2,1-4H3. The first-order valence-electron chi connectivity index (χ1n) is 7.15. The number of ether oxygens (including phenoxy) is 1. The van der Waals surface area contributed by atoms with E-state index >= 15 is 0 Å². The maximum Gasteiger partial charge on any atom is 0.410 e. The van der Waals surface area contributed by atoms with Crippen molar-refractivity contribution in [3.05, 3.63) is 35.9 Å². The Morgan fingerprint density at radius 2 is 1.90 bits per heavy atom. The number of carbonyl (C=O) groups is 1. The van der Waals surface area contributed by atoms with E-state index in [1.165, 1.54) is 5.56 Å². The topological polar surface area (TPSA) is 41.6 Å². The minimum atomic E-state index is -0.442. The van der Waals surface area contributed by atoms with E-state index in [1.807, 2.05) is 45.9 Å². The molecule has 20 heavy (non-hydrogen) atoms. The lowest BCUT2D eigenvalue weighted by molar-refractivity contribution is 0.0262. The smallest absolute Gasteiger partial charge is 0.410 e. The second-order valence-corrected chi connectivity index (χ2v) is 5.72. The SMILES string of the molecule is CCN(CCNCc1ccccc1)C(=O)OC(C)(C)C. The van der Waals surface area contributed by atoms with Crippen LogP contribution < -0.4 is 5.32 Å². The molecule has 0 radical (unpaired) electrons. The molecule has 0 aliphatic carbocycles. The van der Waals surface area contributed by atoms with Crippen LogP contribution in [0.4, 0.5) is 4.79 Å². The molecule has 1 rings (SSSR count). The van der Waals surface area contributed by atoms with Gasteiger partial charge in [0.2, 0.25) is 0 Å². The first-order chi connectivity index (χ1) is 9.42. The Bertz CT molecular complexity index is 399. The molecule has 4 nitrogen and oxygen atoms in total. The molecule has 0 fully saturated rings. The van der Waals surface area contributed by atoms with Crippen LogP contribution in [0.25, 0.3) is 0 Å². The highest BCUT2D eigenvalue weighted by Crippen LogP contribution is 2.09. The average Bonchev–Trinajstić information content (AvgIpc) is 2.38. The van der Waals surface area contributed by atoms with Crippen LogP contribution in [-0.2, 0) is 11.3 Å². The number of nitrogens with one attached hydrogen (secondary N) is 1. The number of likely N-dealkylation sites (N-methyl/N-ethyl adjacent to an activating group) is 1. The van der Waals surface area contributed by atoms with Gasteiger partial charge in [-0.15, -0.1) is 0 Å². The molecule has 0 spiro atoms. The van der Waals surface area contributed by atoms with Crippen LogP contribution in [0.5, 0.6) is 0 Å². The quantitative estimate of drug-likeness (QED) is 0.813. The number of hydrogen-bond donors (Lipinski definition) is 1. The fourth-order valence-electron chi connectivity index (χ4n) is 1.75. The summed E-state index contributed by atoms with van der Waals surface area (Å²) in [5, 5.41) is 3.33. The van der Waals surface area contributed by atoms with Crippen molar-refractivity contribution in [1.82, 2.24) is 10.2 Å². The van der Waals surface area contributed by atoms with Crippen molar-refractivity contribution in [2.24, 2.45) is 0 Å². The molecule has 0 aromatic heterocycles. The molecule has 0 aliphatic heterocycles. The zero-order chi connectivity index (χ0) is 15.0. The van der Waals surface area contributed by atoms with Crippen LogP contribution in [-0.4, -0.2) is 36.2 Å². The number of nitrogens with zero attached hydrogens (tertiary/aromatic N) is 1. The zero-order valence-corrected chi connectivity index (χ0v) is 13.0. The summed E-state index contributed by atoms with van der Waals surface area (Å²) < 4.78 is 5.37. The van der Waals surface area contributed by atoms with Gasteiger partial charge in [0.1, 0.15) is 5.60 Å². The van der Waals surface area contributed by atoms with Crippen molar-refractivity contribution < 1.29 is 9.53 Å². The van der Waals surface area contributed by atoms with Crippen molar-refractivity contribution in [2.45, 2.75) is 39.8 Å². The monoisotopic (exact) mass is 278 g/mol. The molecule has 0 aliphatic rings. The van der Waals surface area contributed by atoms with Gasteiger partial charge in [0.25, 0.3) is 0 Å². The van der Waals surface area contributed by atoms with Gasteiger partial charge in [-0.25, -0.2) is 4.79 Å². The van der Waals surface area contributed by atoms with E-state index in [0.717, 1.165) is 13.1 Å². The molecule has 0 bridgehead atoms. The largest absolute Gasteiger partial charge is 0.444 e. The van der Waals surface area contributed by atoms with Gasteiger partial charge in [0.15, 0.2) is 0 Å². The Morgan fingerprint density at radius 3 is 2.45 bits per heavy atom. The van der Waals surface area contributed by atoms with Crippen LogP contribution in [0.1, 0.15) is 33.3 Å². The van der Waals surface area contributed by atoms with Crippen LogP contribution in [0, 0.1) is 0 Å². The van der Waals surface area contributed by atoms with Gasteiger partial charge in [0.05, 0.1) is 0 Å². The normalized spacial score (nSPS) is 11.2. The molecular formula is C16H26N2O2. The summed E-state index contributed by atoms with van der Waals surface area (Å²) >= 11 is 0. The van der Waals surface area contributed by atoms with Crippen LogP contribution in [0.15, 0.2) is 30.3 Å². The van der Waals surface area contributed by atoms with E-state index in [0.29, 0.717) is 13.1 Å². The van der Waals surface area contributed by atoms with Crippen molar-refractivity contribution in [1.29, 1.82) is 0 Å². The lowest BCUT2D eigenvalue weighted by Gasteiger charge is -2.26. The summed E-state index contributed by atoms with van der Waals surface area (Å²) in [5.74, 6) is 0. The third-order valence-corrected chi connectivity index (χ3v) is 2.76. The molecule has 0 heterocycles. The highest BCUT2D eigenvalue weighted by Gasteiger charge is 2.20. The van der Waals surface area contributed by atoms with E-state index in [4.69, 9.17) is 4.74 Å². The maximum absolute atomic E-state index is 11.9. The lowest BCUT2D eigenvalue weighted by Crippen LogP contribution is -2.40. The number of rotatable bonds is 6. The number of amides is 1. The highest BCUT2D eigenvalue weighted by molar-refractivity contribution is 5.68. The van der Waals surface area contributed by atoms with Gasteiger partial charge >= 0.3 is 6.09 Å². The van der Waals surface area contributed by atoms with Crippen LogP contribution >= 0.6 is 0 Å². The fourth-order valence-corrected chi connectivity index (χ4v) is 1.75. The molecule has 1 aromatic carbocycles. The molecular weight excluding hydrogens is 252 g/mol. The highest BCUT2D eigenvalue weighted by atomic mass is 16.6. The summed E-state index contributed by atoms with van der Waals surface area (Å²) in [5.41, 5.74) is 0.801. The summed E-state index contributed by atoms with van der Waals surface area (Å²) in [6, 6.07) is 10.2. The Kier molecular flexibility index (Phi) is 6.52. The van der Waals surface area contributed by atoms with E-state index in [9.17, 15) is 4.79 Å². The summed E-state index contributed by atoms with van der Waals surface area (Å²) in [6.45, 7) is 10.5. The second-order valence-electron chi connectivity index (χ2n) is 5.72. The van der Waals surface area contributed by atoms with Crippen molar-refractivity contribution in [3.8, 4) is 0 Å². The van der Waals surface area contributed by atoms with Gasteiger partial charge in [0, 0.05) is 26.2 Å². The Balaban J connectivity index is 2.29. The minimum Gasteiger partial charge on any atom is -0.444 e. The number of carbonyl (C=O) groups excluding carboxylic acids is 1. The van der Waals surface area contributed by atoms with Gasteiger partial charge in [-0.2, -0.15) is 0 Å². The summed E-state index contributed by atoms with van der Waals surface area (Å²) in [7, 11) is 0. The third kappa shape index (κ3) is 6.57. The fraction of sp³-hybridized carbons (Fsp3) is 0.562. The molecule has 4 heteroatoms. The minimum absolute atomic E-state index is 0.249.